The molecule has 6 heteroatoms. The zero-order chi connectivity index (χ0) is 16.8. The third-order valence-electron chi connectivity index (χ3n) is 2.96. The topological polar surface area (TPSA) is 35.5 Å². The second kappa shape index (κ2) is 8.31. The molecule has 2 rings (SSSR count). The van der Waals surface area contributed by atoms with Gasteiger partial charge in [-0.15, -0.1) is 0 Å². The summed E-state index contributed by atoms with van der Waals surface area (Å²) >= 11 is 7.41. The second-order valence-corrected chi connectivity index (χ2v) is 6.12. The first-order chi connectivity index (χ1) is 11.0. The minimum absolute atomic E-state index is 0.286. The molecule has 0 aliphatic carbocycles. The minimum Gasteiger partial charge on any atom is -0.493 e. The SMILES string of the molecule is COc1cc(/C=C/C(=O)Cl)cc(I)c1OCc1ccc(F)cc1. The molecule has 0 N–H and O–H groups in total. The monoisotopic (exact) mass is 446 g/mol. The molecule has 0 aliphatic rings. The molecule has 3 nitrogen and oxygen atoms in total. The van der Waals surface area contributed by atoms with Gasteiger partial charge in [0.2, 0.25) is 5.24 Å². The van der Waals surface area contributed by atoms with Crippen molar-refractivity contribution in [3.63, 3.8) is 0 Å². The van der Waals surface area contributed by atoms with E-state index in [1.165, 1.54) is 25.3 Å². The van der Waals surface area contributed by atoms with Crippen LogP contribution in [0.25, 0.3) is 6.08 Å². The van der Waals surface area contributed by atoms with Crippen molar-refractivity contribution in [3.8, 4) is 11.5 Å². The van der Waals surface area contributed by atoms with Crippen molar-refractivity contribution in [3.05, 3.63) is 63.0 Å². The Morgan fingerprint density at radius 1 is 1.30 bits per heavy atom. The summed E-state index contributed by atoms with van der Waals surface area (Å²) < 4.78 is 24.9. The van der Waals surface area contributed by atoms with Gasteiger partial charge >= 0.3 is 0 Å². The molecular weight excluding hydrogens is 434 g/mol. The number of hydrogen-bond acceptors (Lipinski definition) is 3. The molecule has 0 heterocycles. The zero-order valence-corrected chi connectivity index (χ0v) is 15.1. The molecule has 0 amide bonds. The molecule has 2 aromatic rings. The lowest BCUT2D eigenvalue weighted by atomic mass is 10.2. The van der Waals surface area contributed by atoms with Gasteiger partial charge in [0.1, 0.15) is 12.4 Å². The van der Waals surface area contributed by atoms with Crippen molar-refractivity contribution in [2.75, 3.05) is 7.11 Å². The van der Waals surface area contributed by atoms with Crippen LogP contribution < -0.4 is 9.47 Å². The molecule has 2 aromatic carbocycles. The first-order valence-corrected chi connectivity index (χ1v) is 8.07. The fraction of sp³-hybridized carbons (Fsp3) is 0.118. The smallest absolute Gasteiger partial charge is 0.245 e. The van der Waals surface area contributed by atoms with Crippen LogP contribution in [-0.2, 0) is 11.4 Å². The Hall–Kier alpha value is -1.60. The van der Waals surface area contributed by atoms with Gasteiger partial charge in [-0.1, -0.05) is 12.1 Å². The van der Waals surface area contributed by atoms with Crippen LogP contribution in [0.3, 0.4) is 0 Å². The average Bonchev–Trinajstić information content (AvgIpc) is 2.53. The largest absolute Gasteiger partial charge is 0.493 e. The van der Waals surface area contributed by atoms with Crippen molar-refractivity contribution < 1.29 is 18.7 Å². The number of allylic oxidation sites excluding steroid dienone is 1. The van der Waals surface area contributed by atoms with Crippen LogP contribution in [0.15, 0.2) is 42.5 Å². The number of rotatable bonds is 6. The third-order valence-corrected chi connectivity index (χ3v) is 3.88. The van der Waals surface area contributed by atoms with Crippen LogP contribution >= 0.6 is 34.2 Å². The normalized spacial score (nSPS) is 10.8. The molecule has 0 atom stereocenters. The van der Waals surface area contributed by atoms with Crippen molar-refractivity contribution in [2.24, 2.45) is 0 Å². The molecular formula is C17H13ClFIO3. The highest BCUT2D eigenvalue weighted by molar-refractivity contribution is 14.1. The standard InChI is InChI=1S/C17H13ClFIO3/c1-22-15-9-12(4-7-16(18)21)8-14(20)17(15)23-10-11-2-5-13(19)6-3-11/h2-9H,10H2,1H3/b7-4+. The Morgan fingerprint density at radius 3 is 2.61 bits per heavy atom. The van der Waals surface area contributed by atoms with Crippen molar-refractivity contribution in [2.45, 2.75) is 6.61 Å². The van der Waals surface area contributed by atoms with Gasteiger partial charge in [-0.05, 0) is 81.7 Å². The van der Waals surface area contributed by atoms with Gasteiger partial charge in [-0.25, -0.2) is 4.39 Å². The van der Waals surface area contributed by atoms with E-state index in [2.05, 4.69) is 22.6 Å². The molecule has 0 aromatic heterocycles. The van der Waals surface area contributed by atoms with Crippen molar-refractivity contribution in [1.82, 2.24) is 0 Å². The number of halogens is 3. The van der Waals surface area contributed by atoms with Crippen LogP contribution in [-0.4, -0.2) is 12.4 Å². The molecule has 0 saturated carbocycles. The van der Waals surface area contributed by atoms with Crippen LogP contribution in [0.4, 0.5) is 4.39 Å². The molecule has 0 bridgehead atoms. The maximum atomic E-state index is 12.9. The van der Waals surface area contributed by atoms with E-state index < -0.39 is 5.24 Å². The molecule has 0 spiro atoms. The Morgan fingerprint density at radius 2 is 2.00 bits per heavy atom. The molecule has 0 radical (unpaired) electrons. The molecule has 120 valence electrons. The lowest BCUT2D eigenvalue weighted by Crippen LogP contribution is -2.00. The molecule has 23 heavy (non-hydrogen) atoms. The molecule has 0 aliphatic heterocycles. The van der Waals surface area contributed by atoms with E-state index in [9.17, 15) is 9.18 Å². The first-order valence-electron chi connectivity index (χ1n) is 6.62. The quantitative estimate of drug-likeness (QED) is 0.363. The summed E-state index contributed by atoms with van der Waals surface area (Å²) in [6, 6.07) is 9.70. The number of benzene rings is 2. The van der Waals surface area contributed by atoms with Gasteiger partial charge in [0, 0.05) is 0 Å². The fourth-order valence-electron chi connectivity index (χ4n) is 1.87. The summed E-state index contributed by atoms with van der Waals surface area (Å²) in [6.45, 7) is 0.294. The highest BCUT2D eigenvalue weighted by Crippen LogP contribution is 2.35. The molecule has 0 saturated heterocycles. The summed E-state index contributed by atoms with van der Waals surface area (Å²) in [5.74, 6) is 0.846. The average molecular weight is 447 g/mol. The van der Waals surface area contributed by atoms with E-state index in [0.717, 1.165) is 14.7 Å². The lowest BCUT2D eigenvalue weighted by Gasteiger charge is -2.13. The summed E-state index contributed by atoms with van der Waals surface area (Å²) in [4.78, 5) is 10.8. The van der Waals surface area contributed by atoms with Crippen molar-refractivity contribution in [1.29, 1.82) is 0 Å². The predicted molar refractivity (Wildman–Crippen MR) is 96.3 cm³/mol. The highest BCUT2D eigenvalue weighted by atomic mass is 127. The van der Waals surface area contributed by atoms with Gasteiger partial charge in [-0.2, -0.15) is 0 Å². The maximum Gasteiger partial charge on any atom is 0.245 e. The number of carbonyl (C=O) groups excluding carboxylic acids is 1. The van der Waals surface area contributed by atoms with Crippen LogP contribution in [0, 0.1) is 9.39 Å². The molecule has 0 unspecified atom stereocenters. The van der Waals surface area contributed by atoms with Gasteiger partial charge in [-0.3, -0.25) is 4.79 Å². The Kier molecular flexibility index (Phi) is 6.41. The van der Waals surface area contributed by atoms with Gasteiger partial charge < -0.3 is 9.47 Å². The van der Waals surface area contributed by atoms with E-state index in [1.807, 2.05) is 6.07 Å². The summed E-state index contributed by atoms with van der Waals surface area (Å²) in [7, 11) is 1.54. The van der Waals surface area contributed by atoms with Crippen LogP contribution in [0.2, 0.25) is 0 Å². The Bertz CT molecular complexity index is 729. The maximum absolute atomic E-state index is 12.9. The van der Waals surface area contributed by atoms with Crippen molar-refractivity contribution >= 4 is 45.5 Å². The van der Waals surface area contributed by atoms with E-state index in [1.54, 1.807) is 24.3 Å². The first kappa shape index (κ1) is 17.7. The van der Waals surface area contributed by atoms with Gasteiger partial charge in [0.25, 0.3) is 0 Å². The van der Waals surface area contributed by atoms with Gasteiger partial charge in [0.15, 0.2) is 11.5 Å². The highest BCUT2D eigenvalue weighted by Gasteiger charge is 2.11. The predicted octanol–water partition coefficient (Wildman–Crippen LogP) is 4.80. The summed E-state index contributed by atoms with van der Waals surface area (Å²) in [6.07, 6.45) is 2.87. The number of hydrogen-bond donors (Lipinski definition) is 0. The van der Waals surface area contributed by atoms with E-state index >= 15 is 0 Å². The van der Waals surface area contributed by atoms with E-state index in [4.69, 9.17) is 21.1 Å². The van der Waals surface area contributed by atoms with E-state index in [0.29, 0.717) is 18.1 Å². The van der Waals surface area contributed by atoms with Crippen LogP contribution in [0.1, 0.15) is 11.1 Å². The number of carbonyl (C=O) groups is 1. The molecule has 0 fully saturated rings. The van der Waals surface area contributed by atoms with Gasteiger partial charge in [0.05, 0.1) is 10.7 Å². The second-order valence-electron chi connectivity index (χ2n) is 4.59. The number of ether oxygens (including phenoxy) is 2. The van der Waals surface area contributed by atoms with E-state index in [-0.39, 0.29) is 5.82 Å². The Balaban J connectivity index is 2.20. The number of methoxy groups -OCH3 is 1. The zero-order valence-electron chi connectivity index (χ0n) is 12.2. The third kappa shape index (κ3) is 5.21. The summed E-state index contributed by atoms with van der Waals surface area (Å²) in [5, 5.41) is -0.546. The minimum atomic E-state index is -0.546. The Labute approximate surface area is 152 Å². The van der Waals surface area contributed by atoms with Crippen LogP contribution in [0.5, 0.6) is 11.5 Å². The lowest BCUT2D eigenvalue weighted by molar-refractivity contribution is -0.107. The fourth-order valence-corrected chi connectivity index (χ4v) is 2.72. The summed E-state index contributed by atoms with van der Waals surface area (Å²) in [5.41, 5.74) is 1.62.